The maximum atomic E-state index is 6.20. The van der Waals surface area contributed by atoms with Crippen molar-refractivity contribution in [2.24, 2.45) is 5.73 Å². The Hall–Kier alpha value is -0.860. The van der Waals surface area contributed by atoms with Crippen molar-refractivity contribution < 1.29 is 4.74 Å². The van der Waals surface area contributed by atoms with Crippen molar-refractivity contribution in [1.82, 2.24) is 0 Å². The van der Waals surface area contributed by atoms with Gasteiger partial charge in [-0.2, -0.15) is 0 Å². The number of nitrogens with two attached hydrogens (primary N) is 1. The van der Waals surface area contributed by atoms with Gasteiger partial charge in [-0.25, -0.2) is 0 Å². The summed E-state index contributed by atoms with van der Waals surface area (Å²) < 4.78 is 5.42. The molecule has 1 heterocycles. The van der Waals surface area contributed by atoms with Gasteiger partial charge in [-0.3, -0.25) is 0 Å². The zero-order chi connectivity index (χ0) is 10.3. The van der Waals surface area contributed by atoms with Gasteiger partial charge in [0.05, 0.1) is 6.61 Å². The minimum atomic E-state index is -0.00449. The van der Waals surface area contributed by atoms with E-state index < -0.39 is 0 Å². The molecule has 1 saturated carbocycles. The first-order chi connectivity index (χ1) is 7.28. The van der Waals surface area contributed by atoms with Gasteiger partial charge in [-0.15, -0.1) is 0 Å². The molecule has 1 aliphatic carbocycles. The van der Waals surface area contributed by atoms with Crippen LogP contribution in [0.1, 0.15) is 36.3 Å². The molecule has 1 saturated heterocycles. The predicted molar refractivity (Wildman–Crippen MR) is 59.7 cm³/mol. The summed E-state index contributed by atoms with van der Waals surface area (Å²) in [5.41, 5.74) is 8.92. The van der Waals surface area contributed by atoms with Crippen molar-refractivity contribution in [3.8, 4) is 0 Å². The summed E-state index contributed by atoms with van der Waals surface area (Å²) >= 11 is 0. The summed E-state index contributed by atoms with van der Waals surface area (Å²) in [6.45, 7) is 1.78. The summed E-state index contributed by atoms with van der Waals surface area (Å²) in [7, 11) is 0. The lowest BCUT2D eigenvalue weighted by molar-refractivity contribution is 0.194. The van der Waals surface area contributed by atoms with Crippen LogP contribution in [0.3, 0.4) is 0 Å². The topological polar surface area (TPSA) is 35.2 Å². The molecule has 2 aliphatic rings. The number of hydrogen-bond donors (Lipinski definition) is 1. The molecule has 0 spiro atoms. The quantitative estimate of drug-likeness (QED) is 0.799. The van der Waals surface area contributed by atoms with Gasteiger partial charge in [0.2, 0.25) is 0 Å². The molecule has 1 atom stereocenters. The number of benzene rings is 1. The molecule has 15 heavy (non-hydrogen) atoms. The largest absolute Gasteiger partial charge is 0.381 e. The maximum absolute atomic E-state index is 6.20. The first-order valence-corrected chi connectivity index (χ1v) is 5.75. The van der Waals surface area contributed by atoms with Crippen molar-refractivity contribution in [2.45, 2.75) is 30.7 Å². The molecule has 1 aliphatic heterocycles. The fourth-order valence-electron chi connectivity index (χ4n) is 2.32. The van der Waals surface area contributed by atoms with Crippen molar-refractivity contribution in [3.05, 3.63) is 35.4 Å². The van der Waals surface area contributed by atoms with Crippen LogP contribution in [0.4, 0.5) is 0 Å². The van der Waals surface area contributed by atoms with Gasteiger partial charge in [0.15, 0.2) is 0 Å². The molecule has 80 valence electrons. The van der Waals surface area contributed by atoms with Gasteiger partial charge in [0, 0.05) is 18.1 Å². The average molecular weight is 203 g/mol. The van der Waals surface area contributed by atoms with Crippen molar-refractivity contribution in [2.75, 3.05) is 13.2 Å². The van der Waals surface area contributed by atoms with Crippen LogP contribution in [0.5, 0.6) is 0 Å². The predicted octanol–water partition coefficient (Wildman–Crippen LogP) is 2.14. The van der Waals surface area contributed by atoms with Crippen LogP contribution < -0.4 is 5.73 Å². The lowest BCUT2D eigenvalue weighted by Gasteiger charge is -2.13. The minimum Gasteiger partial charge on any atom is -0.381 e. The Labute approximate surface area is 90.4 Å². The first kappa shape index (κ1) is 9.37. The normalized spacial score (nSPS) is 27.9. The van der Waals surface area contributed by atoms with Crippen LogP contribution in [-0.4, -0.2) is 13.2 Å². The lowest BCUT2D eigenvalue weighted by atomic mass is 9.94. The van der Waals surface area contributed by atoms with Gasteiger partial charge < -0.3 is 10.5 Å². The second-order valence-electron chi connectivity index (χ2n) is 4.84. The Morgan fingerprint density at radius 2 is 2.20 bits per heavy atom. The maximum Gasteiger partial charge on any atom is 0.0535 e. The summed E-state index contributed by atoms with van der Waals surface area (Å²) in [6, 6.07) is 8.78. The third-order valence-corrected chi connectivity index (χ3v) is 3.65. The summed E-state index contributed by atoms with van der Waals surface area (Å²) in [4.78, 5) is 0. The zero-order valence-corrected chi connectivity index (χ0v) is 8.91. The highest BCUT2D eigenvalue weighted by molar-refractivity contribution is 5.35. The van der Waals surface area contributed by atoms with Gasteiger partial charge in [-0.1, -0.05) is 24.3 Å². The van der Waals surface area contributed by atoms with Gasteiger partial charge in [0.1, 0.15) is 0 Å². The van der Waals surface area contributed by atoms with E-state index in [2.05, 4.69) is 24.3 Å². The SMILES string of the molecule is NC1(c2cccc([C@H]3CCOC3)c2)CC1. The van der Waals surface area contributed by atoms with Crippen LogP contribution in [0, 0.1) is 0 Å². The van der Waals surface area contributed by atoms with Crippen molar-refractivity contribution >= 4 is 0 Å². The molecule has 1 aromatic carbocycles. The van der Waals surface area contributed by atoms with Crippen LogP contribution >= 0.6 is 0 Å². The van der Waals surface area contributed by atoms with Crippen molar-refractivity contribution in [1.29, 1.82) is 0 Å². The highest BCUT2D eigenvalue weighted by Crippen LogP contribution is 2.43. The van der Waals surface area contributed by atoms with E-state index in [1.807, 2.05) is 0 Å². The Bertz CT molecular complexity index is 365. The van der Waals surface area contributed by atoms with Gasteiger partial charge >= 0.3 is 0 Å². The highest BCUT2D eigenvalue weighted by atomic mass is 16.5. The van der Waals surface area contributed by atoms with Crippen LogP contribution in [0.2, 0.25) is 0 Å². The minimum absolute atomic E-state index is 0.00449. The zero-order valence-electron chi connectivity index (χ0n) is 8.91. The summed E-state index contributed by atoms with van der Waals surface area (Å²) in [6.07, 6.45) is 3.43. The molecule has 3 rings (SSSR count). The average Bonchev–Trinajstić information content (AvgIpc) is 2.84. The van der Waals surface area contributed by atoms with E-state index in [0.717, 1.165) is 32.5 Å². The monoisotopic (exact) mass is 203 g/mol. The molecule has 2 nitrogen and oxygen atoms in total. The van der Waals surface area contributed by atoms with E-state index in [9.17, 15) is 0 Å². The molecular formula is C13H17NO. The Balaban J connectivity index is 1.89. The van der Waals surface area contributed by atoms with E-state index in [-0.39, 0.29) is 5.54 Å². The summed E-state index contributed by atoms with van der Waals surface area (Å²) in [5.74, 6) is 0.590. The highest BCUT2D eigenvalue weighted by Gasteiger charge is 2.40. The Morgan fingerprint density at radius 1 is 1.33 bits per heavy atom. The fourth-order valence-corrected chi connectivity index (χ4v) is 2.32. The second kappa shape index (κ2) is 3.32. The van der Waals surface area contributed by atoms with Crippen LogP contribution in [-0.2, 0) is 10.3 Å². The molecule has 0 bridgehead atoms. The first-order valence-electron chi connectivity index (χ1n) is 5.75. The van der Waals surface area contributed by atoms with Gasteiger partial charge in [-0.05, 0) is 30.4 Å². The molecule has 0 radical (unpaired) electrons. The number of ether oxygens (including phenoxy) is 1. The molecule has 2 heteroatoms. The van der Waals surface area contributed by atoms with E-state index in [0.29, 0.717) is 5.92 Å². The van der Waals surface area contributed by atoms with E-state index in [1.54, 1.807) is 0 Å². The molecule has 1 aromatic rings. The van der Waals surface area contributed by atoms with E-state index in [4.69, 9.17) is 10.5 Å². The second-order valence-corrected chi connectivity index (χ2v) is 4.84. The smallest absolute Gasteiger partial charge is 0.0535 e. The lowest BCUT2D eigenvalue weighted by Crippen LogP contribution is -2.18. The molecule has 0 amide bonds. The van der Waals surface area contributed by atoms with E-state index in [1.165, 1.54) is 11.1 Å². The molecule has 0 aromatic heterocycles. The molecule has 2 N–H and O–H groups in total. The number of rotatable bonds is 2. The molecule has 0 unspecified atom stereocenters. The van der Waals surface area contributed by atoms with Crippen LogP contribution in [0.15, 0.2) is 24.3 Å². The third kappa shape index (κ3) is 1.68. The molecule has 2 fully saturated rings. The Kier molecular flexibility index (Phi) is 2.08. The third-order valence-electron chi connectivity index (χ3n) is 3.65. The number of hydrogen-bond acceptors (Lipinski definition) is 2. The fraction of sp³-hybridized carbons (Fsp3) is 0.538. The van der Waals surface area contributed by atoms with Crippen LogP contribution in [0.25, 0.3) is 0 Å². The van der Waals surface area contributed by atoms with E-state index >= 15 is 0 Å². The summed E-state index contributed by atoms with van der Waals surface area (Å²) in [5, 5.41) is 0. The van der Waals surface area contributed by atoms with Crippen molar-refractivity contribution in [3.63, 3.8) is 0 Å². The Morgan fingerprint density at radius 3 is 2.87 bits per heavy atom. The van der Waals surface area contributed by atoms with Gasteiger partial charge in [0.25, 0.3) is 0 Å². The standard InChI is InChI=1S/C13H17NO/c14-13(5-6-13)12-3-1-2-10(8-12)11-4-7-15-9-11/h1-3,8,11H,4-7,9,14H2/t11-/m0/s1. The molecular weight excluding hydrogens is 186 g/mol.